The second kappa shape index (κ2) is 2.94. The zero-order chi connectivity index (χ0) is 10.3. The van der Waals surface area contributed by atoms with Crippen molar-refractivity contribution in [3.05, 3.63) is 34.4 Å². The molecular formula is C13H16O. The maximum atomic E-state index is 11.1. The molecule has 0 atom stereocenters. The Hall–Kier alpha value is -1.11. The number of benzene rings is 1. The van der Waals surface area contributed by atoms with E-state index in [2.05, 4.69) is 32.9 Å². The minimum Gasteiger partial charge on any atom is -0.302 e. The number of aryl methyl sites for hydroxylation is 3. The normalized spacial score (nSPS) is 17.9. The fourth-order valence-corrected chi connectivity index (χ4v) is 2.53. The summed E-state index contributed by atoms with van der Waals surface area (Å²) in [5, 5.41) is 0. The molecule has 1 aromatic rings. The minimum absolute atomic E-state index is 0.123. The minimum atomic E-state index is -0.123. The van der Waals surface area contributed by atoms with Gasteiger partial charge in [-0.2, -0.15) is 0 Å². The van der Waals surface area contributed by atoms with Gasteiger partial charge in [0.1, 0.15) is 6.29 Å². The number of aldehydes is 1. The summed E-state index contributed by atoms with van der Waals surface area (Å²) in [6.07, 6.45) is 3.19. The Balaban J connectivity index is 2.58. The Bertz CT molecular complexity index is 363. The molecule has 0 unspecified atom stereocenters. The van der Waals surface area contributed by atoms with Crippen molar-refractivity contribution in [2.45, 2.75) is 39.0 Å². The topological polar surface area (TPSA) is 17.1 Å². The molecule has 1 heteroatoms. The van der Waals surface area contributed by atoms with Crippen LogP contribution in [0.2, 0.25) is 0 Å². The highest BCUT2D eigenvalue weighted by atomic mass is 16.1. The summed E-state index contributed by atoms with van der Waals surface area (Å²) in [5.41, 5.74) is 4.98. The van der Waals surface area contributed by atoms with Crippen LogP contribution in [0, 0.1) is 20.8 Å². The van der Waals surface area contributed by atoms with E-state index in [1.54, 1.807) is 0 Å². The van der Waals surface area contributed by atoms with Crippen molar-refractivity contribution in [3.8, 4) is 0 Å². The number of hydrogen-bond acceptors (Lipinski definition) is 1. The van der Waals surface area contributed by atoms with Crippen LogP contribution in [0.25, 0.3) is 0 Å². The van der Waals surface area contributed by atoms with Crippen LogP contribution >= 0.6 is 0 Å². The maximum Gasteiger partial charge on any atom is 0.130 e. The fourth-order valence-electron chi connectivity index (χ4n) is 2.53. The average molecular weight is 188 g/mol. The lowest BCUT2D eigenvalue weighted by Crippen LogP contribution is -2.12. The van der Waals surface area contributed by atoms with Crippen LogP contribution in [0.3, 0.4) is 0 Å². The molecule has 0 saturated heterocycles. The smallest absolute Gasteiger partial charge is 0.130 e. The number of carbonyl (C=O) groups is 1. The molecule has 2 rings (SSSR count). The molecule has 0 N–H and O–H groups in total. The molecular weight excluding hydrogens is 172 g/mol. The lowest BCUT2D eigenvalue weighted by molar-refractivity contribution is -0.109. The second-order valence-corrected chi connectivity index (χ2v) is 4.55. The van der Waals surface area contributed by atoms with Crippen molar-refractivity contribution >= 4 is 6.29 Å². The lowest BCUT2D eigenvalue weighted by Gasteiger charge is -2.15. The third-order valence-electron chi connectivity index (χ3n) is 3.19. The predicted molar refractivity (Wildman–Crippen MR) is 57.6 cm³/mol. The zero-order valence-electron chi connectivity index (χ0n) is 9.05. The van der Waals surface area contributed by atoms with Gasteiger partial charge in [0.05, 0.1) is 5.41 Å². The highest BCUT2D eigenvalue weighted by Crippen LogP contribution is 2.48. The molecule has 1 saturated carbocycles. The zero-order valence-corrected chi connectivity index (χ0v) is 9.05. The molecule has 0 bridgehead atoms. The highest BCUT2D eigenvalue weighted by Gasteiger charge is 2.45. The van der Waals surface area contributed by atoms with Crippen LogP contribution in [0.4, 0.5) is 0 Å². The van der Waals surface area contributed by atoms with Gasteiger partial charge in [-0.3, -0.25) is 0 Å². The quantitative estimate of drug-likeness (QED) is 0.652. The van der Waals surface area contributed by atoms with E-state index in [9.17, 15) is 4.79 Å². The van der Waals surface area contributed by atoms with Gasteiger partial charge in [0.25, 0.3) is 0 Å². The molecule has 0 spiro atoms. The van der Waals surface area contributed by atoms with E-state index in [4.69, 9.17) is 0 Å². The number of rotatable bonds is 2. The van der Waals surface area contributed by atoms with Gasteiger partial charge in [-0.05, 0) is 50.3 Å². The second-order valence-electron chi connectivity index (χ2n) is 4.55. The highest BCUT2D eigenvalue weighted by molar-refractivity contribution is 5.75. The van der Waals surface area contributed by atoms with Crippen molar-refractivity contribution < 1.29 is 4.79 Å². The third-order valence-corrected chi connectivity index (χ3v) is 3.19. The van der Waals surface area contributed by atoms with E-state index in [0.29, 0.717) is 0 Å². The van der Waals surface area contributed by atoms with E-state index < -0.39 is 0 Å². The predicted octanol–water partition coefficient (Wildman–Crippen LogP) is 2.84. The maximum absolute atomic E-state index is 11.1. The Kier molecular flexibility index (Phi) is 1.99. The molecule has 1 nitrogen and oxygen atoms in total. The molecule has 14 heavy (non-hydrogen) atoms. The molecule has 0 radical (unpaired) electrons. The summed E-state index contributed by atoms with van der Waals surface area (Å²) in [6, 6.07) is 4.35. The van der Waals surface area contributed by atoms with Gasteiger partial charge in [0.2, 0.25) is 0 Å². The van der Waals surface area contributed by atoms with E-state index in [1.165, 1.54) is 22.3 Å². The molecule has 1 fully saturated rings. The molecule has 0 aromatic heterocycles. The standard InChI is InChI=1S/C13H16O/c1-9-6-10(2)12(11(3)7-9)13(8-14)4-5-13/h6-8H,4-5H2,1-3H3. The van der Waals surface area contributed by atoms with Gasteiger partial charge in [0.15, 0.2) is 0 Å². The van der Waals surface area contributed by atoms with Crippen molar-refractivity contribution in [2.75, 3.05) is 0 Å². The fraction of sp³-hybridized carbons (Fsp3) is 0.462. The number of hydrogen-bond donors (Lipinski definition) is 0. The Morgan fingerprint density at radius 2 is 1.64 bits per heavy atom. The first kappa shape index (κ1) is 9.45. The van der Waals surface area contributed by atoms with Crippen LogP contribution < -0.4 is 0 Å². The van der Waals surface area contributed by atoms with Crippen LogP contribution in [-0.2, 0) is 10.2 Å². The average Bonchev–Trinajstić information content (AvgIpc) is 2.83. The van der Waals surface area contributed by atoms with Gasteiger partial charge in [-0.15, -0.1) is 0 Å². The van der Waals surface area contributed by atoms with Gasteiger partial charge in [0, 0.05) is 0 Å². The molecule has 74 valence electrons. The van der Waals surface area contributed by atoms with E-state index in [-0.39, 0.29) is 5.41 Å². The Morgan fingerprint density at radius 1 is 1.14 bits per heavy atom. The molecule has 1 aliphatic carbocycles. The van der Waals surface area contributed by atoms with Crippen LogP contribution in [0.5, 0.6) is 0 Å². The van der Waals surface area contributed by atoms with Gasteiger partial charge in [-0.1, -0.05) is 17.7 Å². The summed E-state index contributed by atoms with van der Waals surface area (Å²) in [7, 11) is 0. The third kappa shape index (κ3) is 1.28. The summed E-state index contributed by atoms with van der Waals surface area (Å²) in [5.74, 6) is 0. The van der Waals surface area contributed by atoms with Gasteiger partial charge >= 0.3 is 0 Å². The largest absolute Gasteiger partial charge is 0.302 e. The molecule has 1 aliphatic rings. The molecule has 1 aromatic carbocycles. The van der Waals surface area contributed by atoms with Crippen molar-refractivity contribution in [2.24, 2.45) is 0 Å². The van der Waals surface area contributed by atoms with Gasteiger partial charge < -0.3 is 4.79 Å². The van der Waals surface area contributed by atoms with Crippen molar-refractivity contribution in [1.82, 2.24) is 0 Å². The van der Waals surface area contributed by atoms with E-state index in [1.807, 2.05) is 0 Å². The monoisotopic (exact) mass is 188 g/mol. The SMILES string of the molecule is Cc1cc(C)c(C2(C=O)CC2)c(C)c1. The van der Waals surface area contributed by atoms with Gasteiger partial charge in [-0.25, -0.2) is 0 Å². The Morgan fingerprint density at radius 3 is 2.00 bits per heavy atom. The van der Waals surface area contributed by atoms with E-state index in [0.717, 1.165) is 19.1 Å². The summed E-state index contributed by atoms with van der Waals surface area (Å²) < 4.78 is 0. The summed E-state index contributed by atoms with van der Waals surface area (Å²) >= 11 is 0. The molecule has 0 aliphatic heterocycles. The molecule has 0 heterocycles. The van der Waals surface area contributed by atoms with Crippen LogP contribution in [-0.4, -0.2) is 6.29 Å². The number of carbonyl (C=O) groups excluding carboxylic acids is 1. The summed E-state index contributed by atoms with van der Waals surface area (Å²) in [6.45, 7) is 6.32. The van der Waals surface area contributed by atoms with Crippen molar-refractivity contribution in [3.63, 3.8) is 0 Å². The Labute approximate surface area is 85.1 Å². The summed E-state index contributed by atoms with van der Waals surface area (Å²) in [4.78, 5) is 11.1. The van der Waals surface area contributed by atoms with Crippen LogP contribution in [0.1, 0.15) is 35.1 Å². The first-order valence-corrected chi connectivity index (χ1v) is 5.14. The van der Waals surface area contributed by atoms with E-state index >= 15 is 0 Å². The first-order valence-electron chi connectivity index (χ1n) is 5.14. The molecule has 0 amide bonds. The first-order chi connectivity index (χ1) is 6.59. The van der Waals surface area contributed by atoms with Crippen LogP contribution in [0.15, 0.2) is 12.1 Å². The lowest BCUT2D eigenvalue weighted by atomic mass is 9.88. The van der Waals surface area contributed by atoms with Crippen molar-refractivity contribution in [1.29, 1.82) is 0 Å².